The molecule has 0 aliphatic heterocycles. The molecule has 0 heterocycles. The second-order valence-corrected chi connectivity index (χ2v) is 6.11. The van der Waals surface area contributed by atoms with Crippen LogP contribution in [0.15, 0.2) is 29.2 Å². The van der Waals surface area contributed by atoms with Gasteiger partial charge in [-0.25, -0.2) is 4.39 Å². The Labute approximate surface area is 106 Å². The summed E-state index contributed by atoms with van der Waals surface area (Å²) >= 11 is 1.17. The number of carbonyl (C=O) groups excluding carboxylic acids is 1. The molecule has 0 aliphatic rings. The quantitative estimate of drug-likeness (QED) is 0.610. The van der Waals surface area contributed by atoms with Gasteiger partial charge < -0.3 is 4.74 Å². The summed E-state index contributed by atoms with van der Waals surface area (Å²) in [5.41, 5.74) is -0.513. The molecule has 1 atom stereocenters. The molecule has 2 nitrogen and oxygen atoms in total. The van der Waals surface area contributed by atoms with E-state index < -0.39 is 10.9 Å². The van der Waals surface area contributed by atoms with E-state index in [-0.39, 0.29) is 11.8 Å². The number of benzene rings is 1. The van der Waals surface area contributed by atoms with Gasteiger partial charge in [-0.05, 0) is 39.8 Å². The van der Waals surface area contributed by atoms with Crippen molar-refractivity contribution in [3.05, 3.63) is 30.1 Å². The highest BCUT2D eigenvalue weighted by Gasteiger charge is 2.23. The Bertz CT molecular complexity index is 399. The van der Waals surface area contributed by atoms with Crippen LogP contribution >= 0.6 is 11.8 Å². The molecular weight excluding hydrogens is 239 g/mol. The van der Waals surface area contributed by atoms with Gasteiger partial charge in [0.15, 0.2) is 0 Å². The van der Waals surface area contributed by atoms with Crippen molar-refractivity contribution >= 4 is 17.7 Å². The topological polar surface area (TPSA) is 26.3 Å². The van der Waals surface area contributed by atoms with Crippen molar-refractivity contribution in [2.24, 2.45) is 0 Å². The third-order valence-corrected chi connectivity index (χ3v) is 3.01. The Balaban J connectivity index is 2.64. The smallest absolute Gasteiger partial charge is 0.319 e. The highest BCUT2D eigenvalue weighted by atomic mass is 32.2. The van der Waals surface area contributed by atoms with Crippen LogP contribution in [-0.4, -0.2) is 16.8 Å². The molecule has 0 saturated carbocycles. The molecule has 4 heteroatoms. The molecule has 1 aromatic rings. The van der Waals surface area contributed by atoms with Gasteiger partial charge in [-0.1, -0.05) is 12.1 Å². The SMILES string of the molecule is CC(Sc1ccccc1F)C(=O)OC(C)(C)C. The first-order valence-corrected chi connectivity index (χ1v) is 6.31. The Kier molecular flexibility index (Phi) is 4.57. The van der Waals surface area contributed by atoms with Gasteiger partial charge in [0, 0.05) is 4.90 Å². The third-order valence-electron chi connectivity index (χ3n) is 1.88. The molecular formula is C13H17FO2S. The normalized spacial score (nSPS) is 13.2. The summed E-state index contributed by atoms with van der Waals surface area (Å²) in [6.45, 7) is 7.15. The van der Waals surface area contributed by atoms with Gasteiger partial charge in [0.05, 0.1) is 0 Å². The summed E-state index contributed by atoms with van der Waals surface area (Å²) in [7, 11) is 0. The lowest BCUT2D eigenvalue weighted by Crippen LogP contribution is -2.28. The molecule has 0 aromatic heterocycles. The first kappa shape index (κ1) is 14.0. The first-order chi connectivity index (χ1) is 7.79. The number of halogens is 1. The van der Waals surface area contributed by atoms with Crippen LogP contribution in [0.25, 0.3) is 0 Å². The minimum atomic E-state index is -0.513. The summed E-state index contributed by atoms with van der Waals surface area (Å²) in [6.07, 6.45) is 0. The van der Waals surface area contributed by atoms with E-state index in [1.165, 1.54) is 17.8 Å². The van der Waals surface area contributed by atoms with Crippen LogP contribution in [0.4, 0.5) is 4.39 Å². The van der Waals surface area contributed by atoms with Crippen molar-refractivity contribution < 1.29 is 13.9 Å². The molecule has 17 heavy (non-hydrogen) atoms. The average molecular weight is 256 g/mol. The van der Waals surface area contributed by atoms with Crippen LogP contribution < -0.4 is 0 Å². The zero-order valence-corrected chi connectivity index (χ0v) is 11.3. The summed E-state index contributed by atoms with van der Waals surface area (Å²) in [6, 6.07) is 6.40. The van der Waals surface area contributed by atoms with Crippen molar-refractivity contribution in [2.75, 3.05) is 0 Å². The maximum atomic E-state index is 13.4. The van der Waals surface area contributed by atoms with E-state index in [1.54, 1.807) is 25.1 Å². The molecule has 0 spiro atoms. The highest BCUT2D eigenvalue weighted by molar-refractivity contribution is 8.00. The van der Waals surface area contributed by atoms with Crippen LogP contribution in [0.2, 0.25) is 0 Å². The van der Waals surface area contributed by atoms with E-state index in [2.05, 4.69) is 0 Å². The van der Waals surface area contributed by atoms with Gasteiger partial charge in [0.2, 0.25) is 0 Å². The van der Waals surface area contributed by atoms with Crippen molar-refractivity contribution in [1.82, 2.24) is 0 Å². The molecule has 0 saturated heterocycles. The fourth-order valence-electron chi connectivity index (χ4n) is 1.16. The monoisotopic (exact) mass is 256 g/mol. The summed E-state index contributed by atoms with van der Waals surface area (Å²) < 4.78 is 18.6. The molecule has 0 fully saturated rings. The molecule has 0 bridgehead atoms. The number of thioether (sulfide) groups is 1. The minimum absolute atomic E-state index is 0.312. The molecule has 1 rings (SSSR count). The van der Waals surface area contributed by atoms with Gasteiger partial charge in [0.1, 0.15) is 16.7 Å². The van der Waals surface area contributed by atoms with Crippen LogP contribution in [0.1, 0.15) is 27.7 Å². The lowest BCUT2D eigenvalue weighted by atomic mass is 10.2. The standard InChI is InChI=1S/C13H17FO2S/c1-9(12(15)16-13(2,3)4)17-11-8-6-5-7-10(11)14/h5-9H,1-4H3. The maximum Gasteiger partial charge on any atom is 0.319 e. The van der Waals surface area contributed by atoms with E-state index >= 15 is 0 Å². The number of ether oxygens (including phenoxy) is 1. The number of hydrogen-bond donors (Lipinski definition) is 0. The van der Waals surface area contributed by atoms with Crippen molar-refractivity contribution in [3.8, 4) is 0 Å². The maximum absolute atomic E-state index is 13.4. The lowest BCUT2D eigenvalue weighted by molar-refractivity contribution is -0.153. The van der Waals surface area contributed by atoms with Gasteiger partial charge in [-0.3, -0.25) is 4.79 Å². The summed E-state index contributed by atoms with van der Waals surface area (Å²) in [5, 5.41) is -0.425. The van der Waals surface area contributed by atoms with Crippen molar-refractivity contribution in [2.45, 2.75) is 43.4 Å². The third kappa shape index (κ3) is 4.77. The Morgan fingerprint density at radius 3 is 2.47 bits per heavy atom. The zero-order chi connectivity index (χ0) is 13.1. The number of esters is 1. The van der Waals surface area contributed by atoms with Crippen LogP contribution in [0.5, 0.6) is 0 Å². The van der Waals surface area contributed by atoms with E-state index in [0.29, 0.717) is 4.90 Å². The lowest BCUT2D eigenvalue weighted by Gasteiger charge is -2.22. The predicted octanol–water partition coefficient (Wildman–Crippen LogP) is 3.65. The van der Waals surface area contributed by atoms with E-state index in [9.17, 15) is 9.18 Å². The Morgan fingerprint density at radius 2 is 1.94 bits per heavy atom. The van der Waals surface area contributed by atoms with Crippen LogP contribution in [0, 0.1) is 5.82 Å². The van der Waals surface area contributed by atoms with Gasteiger partial charge in [-0.2, -0.15) is 0 Å². The summed E-state index contributed by atoms with van der Waals surface area (Å²) in [4.78, 5) is 12.2. The van der Waals surface area contributed by atoms with Crippen LogP contribution in [-0.2, 0) is 9.53 Å². The summed E-state index contributed by atoms with van der Waals surface area (Å²) in [5.74, 6) is -0.640. The number of hydrogen-bond acceptors (Lipinski definition) is 3. The fraction of sp³-hybridized carbons (Fsp3) is 0.462. The molecule has 1 unspecified atom stereocenters. The predicted molar refractivity (Wildman–Crippen MR) is 67.6 cm³/mol. The first-order valence-electron chi connectivity index (χ1n) is 5.43. The van der Waals surface area contributed by atoms with Crippen LogP contribution in [0.3, 0.4) is 0 Å². The fourth-order valence-corrected chi connectivity index (χ4v) is 2.03. The zero-order valence-electron chi connectivity index (χ0n) is 10.5. The largest absolute Gasteiger partial charge is 0.459 e. The van der Waals surface area contributed by atoms with E-state index in [1.807, 2.05) is 20.8 Å². The second-order valence-electron chi connectivity index (χ2n) is 4.72. The van der Waals surface area contributed by atoms with Crippen molar-refractivity contribution in [3.63, 3.8) is 0 Å². The minimum Gasteiger partial charge on any atom is -0.459 e. The number of carbonyl (C=O) groups is 1. The van der Waals surface area contributed by atoms with Gasteiger partial charge in [0.25, 0.3) is 0 Å². The van der Waals surface area contributed by atoms with Gasteiger partial charge in [-0.15, -0.1) is 11.8 Å². The highest BCUT2D eigenvalue weighted by Crippen LogP contribution is 2.27. The molecule has 0 aliphatic carbocycles. The Morgan fingerprint density at radius 1 is 1.35 bits per heavy atom. The molecule has 0 radical (unpaired) electrons. The second kappa shape index (κ2) is 5.54. The van der Waals surface area contributed by atoms with E-state index in [4.69, 9.17) is 4.74 Å². The molecule has 1 aromatic carbocycles. The average Bonchev–Trinajstić information content (AvgIpc) is 2.18. The Hall–Kier alpha value is -1.03. The molecule has 0 N–H and O–H groups in total. The number of rotatable bonds is 3. The molecule has 0 amide bonds. The van der Waals surface area contributed by atoms with Crippen molar-refractivity contribution in [1.29, 1.82) is 0 Å². The van der Waals surface area contributed by atoms with Gasteiger partial charge >= 0.3 is 5.97 Å². The van der Waals surface area contributed by atoms with E-state index in [0.717, 1.165) is 0 Å². The molecule has 94 valence electrons.